The van der Waals surface area contributed by atoms with Crippen LogP contribution in [0.2, 0.25) is 0 Å². The number of hydrogen-bond donors (Lipinski definition) is 1. The molecule has 2 aromatic rings. The predicted octanol–water partition coefficient (Wildman–Crippen LogP) is 4.36. The molecule has 0 aliphatic rings. The van der Waals surface area contributed by atoms with Gasteiger partial charge in [0.25, 0.3) is 0 Å². The Bertz CT molecular complexity index is 572. The van der Waals surface area contributed by atoms with Crippen LogP contribution in [0.15, 0.2) is 46.9 Å². The van der Waals surface area contributed by atoms with Crippen LogP contribution in [0.3, 0.4) is 0 Å². The number of halogens is 1. The molecule has 0 spiro atoms. The third kappa shape index (κ3) is 3.99. The van der Waals surface area contributed by atoms with Crippen molar-refractivity contribution in [1.29, 1.82) is 0 Å². The van der Waals surface area contributed by atoms with Crippen LogP contribution in [-0.4, -0.2) is 13.7 Å². The van der Waals surface area contributed by atoms with Gasteiger partial charge in [-0.15, -0.1) is 0 Å². The third-order valence-corrected chi connectivity index (χ3v) is 3.36. The molecule has 0 saturated heterocycles. The average Bonchev–Trinajstić information content (AvgIpc) is 2.47. The van der Waals surface area contributed by atoms with Crippen molar-refractivity contribution < 1.29 is 9.47 Å². The van der Waals surface area contributed by atoms with E-state index >= 15 is 0 Å². The second kappa shape index (κ2) is 7.31. The third-order valence-electron chi connectivity index (χ3n) is 2.86. The van der Waals surface area contributed by atoms with Crippen molar-refractivity contribution in [2.45, 2.75) is 13.5 Å². The molecule has 3 nitrogen and oxygen atoms in total. The van der Waals surface area contributed by atoms with E-state index in [1.54, 1.807) is 7.11 Å². The van der Waals surface area contributed by atoms with Crippen molar-refractivity contribution in [1.82, 2.24) is 5.32 Å². The highest BCUT2D eigenvalue weighted by Gasteiger charge is 2.06. The summed E-state index contributed by atoms with van der Waals surface area (Å²) >= 11 is 3.48. The highest BCUT2D eigenvalue weighted by atomic mass is 79.9. The molecule has 0 aliphatic heterocycles. The van der Waals surface area contributed by atoms with E-state index < -0.39 is 0 Å². The van der Waals surface area contributed by atoms with E-state index in [4.69, 9.17) is 9.47 Å². The summed E-state index contributed by atoms with van der Waals surface area (Å²) in [6.45, 7) is 3.79. The van der Waals surface area contributed by atoms with E-state index in [9.17, 15) is 0 Å². The van der Waals surface area contributed by atoms with Crippen LogP contribution in [0.1, 0.15) is 12.5 Å². The zero-order valence-corrected chi connectivity index (χ0v) is 13.2. The fraction of sp³-hybridized carbons (Fsp3) is 0.250. The Labute approximate surface area is 128 Å². The summed E-state index contributed by atoms with van der Waals surface area (Å²) < 4.78 is 12.2. The Kier molecular flexibility index (Phi) is 5.44. The number of nitrogens with one attached hydrogen (secondary N) is 1. The maximum atomic E-state index is 5.98. The predicted molar refractivity (Wildman–Crippen MR) is 84.6 cm³/mol. The van der Waals surface area contributed by atoms with Crippen molar-refractivity contribution in [2.24, 2.45) is 0 Å². The largest absolute Gasteiger partial charge is 0.497 e. The average molecular weight is 336 g/mol. The lowest BCUT2D eigenvalue weighted by Gasteiger charge is -2.12. The van der Waals surface area contributed by atoms with Crippen LogP contribution in [0.4, 0.5) is 0 Å². The maximum absolute atomic E-state index is 5.98. The van der Waals surface area contributed by atoms with Gasteiger partial charge in [-0.05, 0) is 30.8 Å². The molecule has 0 amide bonds. The van der Waals surface area contributed by atoms with E-state index in [1.165, 1.54) is 0 Å². The summed E-state index contributed by atoms with van der Waals surface area (Å²) in [7, 11) is 1.65. The summed E-state index contributed by atoms with van der Waals surface area (Å²) in [5, 5.41) is 3.31. The van der Waals surface area contributed by atoms with Crippen molar-refractivity contribution in [3.63, 3.8) is 0 Å². The monoisotopic (exact) mass is 335 g/mol. The molecule has 20 heavy (non-hydrogen) atoms. The fourth-order valence-corrected chi connectivity index (χ4v) is 2.16. The minimum absolute atomic E-state index is 0.764. The Morgan fingerprint density at radius 3 is 2.65 bits per heavy atom. The van der Waals surface area contributed by atoms with Gasteiger partial charge in [-0.3, -0.25) is 0 Å². The molecule has 0 saturated carbocycles. The smallest absolute Gasteiger partial charge is 0.133 e. The molecule has 4 heteroatoms. The lowest BCUT2D eigenvalue weighted by molar-refractivity contribution is 0.408. The van der Waals surface area contributed by atoms with E-state index in [0.29, 0.717) is 0 Å². The first-order chi connectivity index (χ1) is 9.72. The van der Waals surface area contributed by atoms with Gasteiger partial charge in [0, 0.05) is 22.6 Å². The molecular formula is C16H18BrNO2. The van der Waals surface area contributed by atoms with Crippen LogP contribution in [0.25, 0.3) is 0 Å². The van der Waals surface area contributed by atoms with Gasteiger partial charge in [0.05, 0.1) is 7.11 Å². The van der Waals surface area contributed by atoms with Gasteiger partial charge in [-0.2, -0.15) is 0 Å². The minimum atomic E-state index is 0.764. The zero-order chi connectivity index (χ0) is 14.4. The SMILES string of the molecule is CCNCc1ccc(Br)cc1Oc1cccc(OC)c1. The zero-order valence-electron chi connectivity index (χ0n) is 11.7. The standard InChI is InChI=1S/C16H18BrNO2/c1-3-18-11-12-7-8-13(17)9-16(12)20-15-6-4-5-14(10-15)19-2/h4-10,18H,3,11H2,1-2H3. The molecule has 0 aromatic heterocycles. The molecule has 2 rings (SSSR count). The Hall–Kier alpha value is -1.52. The van der Waals surface area contributed by atoms with E-state index in [-0.39, 0.29) is 0 Å². The highest BCUT2D eigenvalue weighted by molar-refractivity contribution is 9.10. The van der Waals surface area contributed by atoms with Gasteiger partial charge in [0.2, 0.25) is 0 Å². The fourth-order valence-electron chi connectivity index (χ4n) is 1.82. The van der Waals surface area contributed by atoms with Crippen LogP contribution in [-0.2, 0) is 6.54 Å². The lowest BCUT2D eigenvalue weighted by Crippen LogP contribution is -2.12. The number of benzene rings is 2. The minimum Gasteiger partial charge on any atom is -0.497 e. The van der Waals surface area contributed by atoms with E-state index in [2.05, 4.69) is 34.2 Å². The summed E-state index contributed by atoms with van der Waals surface area (Å²) in [5.74, 6) is 2.39. The lowest BCUT2D eigenvalue weighted by atomic mass is 10.2. The normalized spacial score (nSPS) is 10.3. The Morgan fingerprint density at radius 2 is 1.90 bits per heavy atom. The molecular weight excluding hydrogens is 318 g/mol. The number of methoxy groups -OCH3 is 1. The number of ether oxygens (including phenoxy) is 2. The molecule has 0 bridgehead atoms. The summed E-state index contributed by atoms with van der Waals surface area (Å²) in [6.07, 6.45) is 0. The van der Waals surface area contributed by atoms with E-state index in [1.807, 2.05) is 36.4 Å². The van der Waals surface area contributed by atoms with Crippen molar-refractivity contribution in [2.75, 3.05) is 13.7 Å². The van der Waals surface area contributed by atoms with Crippen LogP contribution in [0, 0.1) is 0 Å². The maximum Gasteiger partial charge on any atom is 0.133 e. The first kappa shape index (κ1) is 14.9. The van der Waals surface area contributed by atoms with Crippen molar-refractivity contribution >= 4 is 15.9 Å². The number of rotatable bonds is 6. The molecule has 2 aromatic carbocycles. The van der Waals surface area contributed by atoms with Gasteiger partial charge >= 0.3 is 0 Å². The van der Waals surface area contributed by atoms with Crippen molar-refractivity contribution in [3.05, 3.63) is 52.5 Å². The van der Waals surface area contributed by atoms with E-state index in [0.717, 1.165) is 40.4 Å². The van der Waals surface area contributed by atoms with Crippen LogP contribution in [0.5, 0.6) is 17.2 Å². The van der Waals surface area contributed by atoms with Gasteiger partial charge in [0.1, 0.15) is 17.2 Å². The second-order valence-corrected chi connectivity index (χ2v) is 5.23. The van der Waals surface area contributed by atoms with Crippen LogP contribution < -0.4 is 14.8 Å². The topological polar surface area (TPSA) is 30.5 Å². The molecule has 0 aliphatic carbocycles. The summed E-state index contributed by atoms with van der Waals surface area (Å²) in [5.41, 5.74) is 1.12. The summed E-state index contributed by atoms with van der Waals surface area (Å²) in [4.78, 5) is 0. The molecule has 0 fully saturated rings. The Balaban J connectivity index is 2.24. The molecule has 0 atom stereocenters. The molecule has 0 radical (unpaired) electrons. The first-order valence-electron chi connectivity index (χ1n) is 6.54. The van der Waals surface area contributed by atoms with Crippen molar-refractivity contribution in [3.8, 4) is 17.2 Å². The molecule has 0 unspecified atom stereocenters. The highest BCUT2D eigenvalue weighted by Crippen LogP contribution is 2.30. The Morgan fingerprint density at radius 1 is 1.10 bits per heavy atom. The summed E-state index contributed by atoms with van der Waals surface area (Å²) in [6, 6.07) is 13.7. The van der Waals surface area contributed by atoms with Gasteiger partial charge < -0.3 is 14.8 Å². The van der Waals surface area contributed by atoms with Crippen LogP contribution >= 0.6 is 15.9 Å². The van der Waals surface area contributed by atoms with Gasteiger partial charge in [0.15, 0.2) is 0 Å². The van der Waals surface area contributed by atoms with Gasteiger partial charge in [-0.25, -0.2) is 0 Å². The second-order valence-electron chi connectivity index (χ2n) is 4.31. The quantitative estimate of drug-likeness (QED) is 0.850. The first-order valence-corrected chi connectivity index (χ1v) is 7.33. The number of hydrogen-bond acceptors (Lipinski definition) is 3. The molecule has 0 heterocycles. The molecule has 106 valence electrons. The molecule has 1 N–H and O–H groups in total. The van der Waals surface area contributed by atoms with Gasteiger partial charge in [-0.1, -0.05) is 35.0 Å².